The highest BCUT2D eigenvalue weighted by molar-refractivity contribution is 5.41. The van der Waals surface area contributed by atoms with Crippen LogP contribution in [0.1, 0.15) is 16.7 Å². The van der Waals surface area contributed by atoms with E-state index in [9.17, 15) is 0 Å². The largest absolute Gasteiger partial charge is 0.493 e. The molecule has 2 nitrogen and oxygen atoms in total. The topological polar surface area (TPSA) is 35.2 Å². The quantitative estimate of drug-likeness (QED) is 0.831. The molecule has 2 aromatic rings. The summed E-state index contributed by atoms with van der Waals surface area (Å²) in [6, 6.07) is 14.0. The van der Waals surface area contributed by atoms with Gasteiger partial charge in [-0.1, -0.05) is 23.8 Å². The van der Waals surface area contributed by atoms with Gasteiger partial charge in [-0.25, -0.2) is 0 Å². The van der Waals surface area contributed by atoms with Gasteiger partial charge >= 0.3 is 0 Å². The summed E-state index contributed by atoms with van der Waals surface area (Å²) in [6.45, 7) is 4.94. The van der Waals surface area contributed by atoms with Crippen molar-refractivity contribution in [3.05, 3.63) is 59.2 Å². The highest BCUT2D eigenvalue weighted by Gasteiger charge is 2.00. The van der Waals surface area contributed by atoms with Crippen LogP contribution in [-0.2, 0) is 6.42 Å². The average molecular weight is 241 g/mol. The van der Waals surface area contributed by atoms with Crippen molar-refractivity contribution in [1.29, 1.82) is 0 Å². The Bertz CT molecular complexity index is 517. The monoisotopic (exact) mass is 241 g/mol. The van der Waals surface area contributed by atoms with Gasteiger partial charge in [0.25, 0.3) is 0 Å². The molecule has 0 heterocycles. The molecule has 0 saturated carbocycles. The molecular weight excluding hydrogens is 222 g/mol. The van der Waals surface area contributed by atoms with Gasteiger partial charge in [0.1, 0.15) is 5.75 Å². The molecule has 94 valence electrons. The minimum Gasteiger partial charge on any atom is -0.493 e. The normalized spacial score (nSPS) is 10.3. The molecule has 0 fully saturated rings. The third kappa shape index (κ3) is 3.27. The second-order valence-corrected chi connectivity index (χ2v) is 4.60. The molecule has 0 amide bonds. The number of rotatable bonds is 4. The Morgan fingerprint density at radius 1 is 1.00 bits per heavy atom. The van der Waals surface area contributed by atoms with Crippen LogP contribution in [0.25, 0.3) is 0 Å². The number of hydrogen-bond donors (Lipinski definition) is 1. The molecule has 0 aliphatic heterocycles. The van der Waals surface area contributed by atoms with Crippen LogP contribution in [0.2, 0.25) is 0 Å². The van der Waals surface area contributed by atoms with Crippen LogP contribution in [-0.4, -0.2) is 6.61 Å². The van der Waals surface area contributed by atoms with E-state index in [0.717, 1.165) is 17.9 Å². The first-order valence-corrected chi connectivity index (χ1v) is 6.19. The molecule has 2 aromatic carbocycles. The van der Waals surface area contributed by atoms with E-state index in [0.29, 0.717) is 6.61 Å². The van der Waals surface area contributed by atoms with Gasteiger partial charge in [0.15, 0.2) is 0 Å². The number of aryl methyl sites for hydroxylation is 2. The molecule has 0 saturated heterocycles. The van der Waals surface area contributed by atoms with E-state index in [1.165, 1.54) is 16.7 Å². The van der Waals surface area contributed by atoms with Crippen molar-refractivity contribution in [3.63, 3.8) is 0 Å². The number of nitrogen functional groups attached to an aromatic ring is 1. The third-order valence-electron chi connectivity index (χ3n) is 3.02. The molecule has 0 aromatic heterocycles. The lowest BCUT2D eigenvalue weighted by Crippen LogP contribution is -2.03. The van der Waals surface area contributed by atoms with E-state index in [1.54, 1.807) is 0 Å². The van der Waals surface area contributed by atoms with Gasteiger partial charge in [-0.3, -0.25) is 0 Å². The zero-order valence-electron chi connectivity index (χ0n) is 10.9. The number of nitrogens with two attached hydrogens (primary N) is 1. The zero-order valence-corrected chi connectivity index (χ0v) is 10.9. The molecule has 0 bridgehead atoms. The molecule has 2 N–H and O–H groups in total. The number of benzene rings is 2. The van der Waals surface area contributed by atoms with Crippen LogP contribution in [0.15, 0.2) is 42.5 Å². The molecule has 0 spiro atoms. The lowest BCUT2D eigenvalue weighted by molar-refractivity contribution is 0.322. The fraction of sp³-hybridized carbons (Fsp3) is 0.250. The van der Waals surface area contributed by atoms with Crippen LogP contribution in [0.4, 0.5) is 5.69 Å². The predicted octanol–water partition coefficient (Wildman–Crippen LogP) is 3.51. The number of ether oxygens (including phenoxy) is 1. The fourth-order valence-electron chi connectivity index (χ4n) is 1.91. The van der Waals surface area contributed by atoms with E-state index in [-0.39, 0.29) is 0 Å². The summed E-state index contributed by atoms with van der Waals surface area (Å²) < 4.78 is 5.70. The second kappa shape index (κ2) is 5.58. The molecule has 2 rings (SSSR count). The highest BCUT2D eigenvalue weighted by atomic mass is 16.5. The first-order chi connectivity index (χ1) is 8.65. The summed E-state index contributed by atoms with van der Waals surface area (Å²) in [4.78, 5) is 0. The molecule has 2 heteroatoms. The smallest absolute Gasteiger partial charge is 0.119 e. The Balaban J connectivity index is 1.92. The fourth-order valence-corrected chi connectivity index (χ4v) is 1.91. The highest BCUT2D eigenvalue weighted by Crippen LogP contribution is 2.15. The Hall–Kier alpha value is -1.96. The number of hydrogen-bond acceptors (Lipinski definition) is 2. The Labute approximate surface area is 108 Å². The minimum absolute atomic E-state index is 0.689. The van der Waals surface area contributed by atoms with E-state index in [2.05, 4.69) is 32.0 Å². The van der Waals surface area contributed by atoms with Crippen molar-refractivity contribution in [1.82, 2.24) is 0 Å². The first-order valence-electron chi connectivity index (χ1n) is 6.19. The first kappa shape index (κ1) is 12.5. The molecule has 0 aliphatic rings. The summed E-state index contributed by atoms with van der Waals surface area (Å²) >= 11 is 0. The van der Waals surface area contributed by atoms with Crippen molar-refractivity contribution in [3.8, 4) is 5.75 Å². The van der Waals surface area contributed by atoms with Crippen molar-refractivity contribution in [2.24, 2.45) is 0 Å². The summed E-state index contributed by atoms with van der Waals surface area (Å²) in [5, 5.41) is 0. The van der Waals surface area contributed by atoms with E-state index < -0.39 is 0 Å². The van der Waals surface area contributed by atoms with E-state index in [4.69, 9.17) is 10.5 Å². The van der Waals surface area contributed by atoms with Gasteiger partial charge in [-0.05, 0) is 49.2 Å². The average Bonchev–Trinajstić information content (AvgIpc) is 2.36. The SMILES string of the molecule is Cc1ccc(C)c(CCOc2ccc(N)cc2)c1. The van der Waals surface area contributed by atoms with Gasteiger partial charge in [-0.2, -0.15) is 0 Å². The van der Waals surface area contributed by atoms with E-state index >= 15 is 0 Å². The third-order valence-corrected chi connectivity index (χ3v) is 3.02. The van der Waals surface area contributed by atoms with Crippen molar-refractivity contribution >= 4 is 5.69 Å². The Kier molecular flexibility index (Phi) is 3.88. The predicted molar refractivity (Wildman–Crippen MR) is 76.0 cm³/mol. The van der Waals surface area contributed by atoms with Crippen LogP contribution in [0.3, 0.4) is 0 Å². The van der Waals surface area contributed by atoms with Gasteiger partial charge in [0.05, 0.1) is 6.61 Å². The van der Waals surface area contributed by atoms with Crippen LogP contribution in [0.5, 0.6) is 5.75 Å². The van der Waals surface area contributed by atoms with Gasteiger partial charge in [-0.15, -0.1) is 0 Å². The maximum Gasteiger partial charge on any atom is 0.119 e. The van der Waals surface area contributed by atoms with Gasteiger partial charge < -0.3 is 10.5 Å². The molecule has 0 atom stereocenters. The Morgan fingerprint density at radius 2 is 1.72 bits per heavy atom. The molecule has 0 radical (unpaired) electrons. The lowest BCUT2D eigenvalue weighted by atomic mass is 10.0. The summed E-state index contributed by atoms with van der Waals surface area (Å²) in [5.74, 6) is 0.870. The minimum atomic E-state index is 0.689. The zero-order chi connectivity index (χ0) is 13.0. The molecule has 18 heavy (non-hydrogen) atoms. The van der Waals surface area contributed by atoms with Crippen molar-refractivity contribution in [2.45, 2.75) is 20.3 Å². The summed E-state index contributed by atoms with van der Waals surface area (Å²) in [5.41, 5.74) is 10.4. The van der Waals surface area contributed by atoms with Gasteiger partial charge in [0.2, 0.25) is 0 Å². The van der Waals surface area contributed by atoms with Crippen LogP contribution < -0.4 is 10.5 Å². The molecule has 0 aliphatic carbocycles. The van der Waals surface area contributed by atoms with Gasteiger partial charge in [0, 0.05) is 12.1 Å². The lowest BCUT2D eigenvalue weighted by Gasteiger charge is -2.09. The Morgan fingerprint density at radius 3 is 2.44 bits per heavy atom. The molecular formula is C16H19NO. The number of anilines is 1. The maximum absolute atomic E-state index is 5.70. The van der Waals surface area contributed by atoms with Crippen molar-refractivity contribution in [2.75, 3.05) is 12.3 Å². The van der Waals surface area contributed by atoms with Crippen molar-refractivity contribution < 1.29 is 4.74 Å². The molecule has 0 unspecified atom stereocenters. The summed E-state index contributed by atoms with van der Waals surface area (Å²) in [7, 11) is 0. The second-order valence-electron chi connectivity index (χ2n) is 4.60. The maximum atomic E-state index is 5.70. The van der Waals surface area contributed by atoms with E-state index in [1.807, 2.05) is 24.3 Å². The van der Waals surface area contributed by atoms with Crippen LogP contribution >= 0.6 is 0 Å². The van der Waals surface area contributed by atoms with Crippen LogP contribution in [0, 0.1) is 13.8 Å². The summed E-state index contributed by atoms with van der Waals surface area (Å²) in [6.07, 6.45) is 0.928. The standard InChI is InChI=1S/C16H19NO/c1-12-3-4-13(2)14(11-12)9-10-18-16-7-5-15(17)6-8-16/h3-8,11H,9-10,17H2,1-2H3.